The first-order chi connectivity index (χ1) is 8.58. The zero-order valence-corrected chi connectivity index (χ0v) is 9.91. The van der Waals surface area contributed by atoms with Gasteiger partial charge in [0.2, 0.25) is 0 Å². The summed E-state index contributed by atoms with van der Waals surface area (Å²) in [5.74, 6) is -1.54. The molecular formula is C13H9ClFNO2. The van der Waals surface area contributed by atoms with E-state index in [-0.39, 0.29) is 16.3 Å². The second kappa shape index (κ2) is 5.06. The van der Waals surface area contributed by atoms with E-state index in [0.717, 1.165) is 0 Å². The Morgan fingerprint density at radius 3 is 2.44 bits per heavy atom. The van der Waals surface area contributed by atoms with E-state index in [0.29, 0.717) is 5.69 Å². The molecular weight excluding hydrogens is 257 g/mol. The highest BCUT2D eigenvalue weighted by molar-refractivity contribution is 6.31. The van der Waals surface area contributed by atoms with Crippen LogP contribution in [0.1, 0.15) is 10.4 Å². The van der Waals surface area contributed by atoms with Gasteiger partial charge in [0.15, 0.2) is 5.82 Å². The predicted octanol–water partition coefficient (Wildman–Crippen LogP) is 3.92. The van der Waals surface area contributed by atoms with Gasteiger partial charge in [0.05, 0.1) is 16.3 Å². The van der Waals surface area contributed by atoms with Gasteiger partial charge in [-0.3, -0.25) is 0 Å². The van der Waals surface area contributed by atoms with Gasteiger partial charge in [0, 0.05) is 5.69 Å². The topological polar surface area (TPSA) is 49.3 Å². The lowest BCUT2D eigenvalue weighted by Gasteiger charge is -2.08. The third-order valence-corrected chi connectivity index (χ3v) is 2.65. The van der Waals surface area contributed by atoms with Crippen molar-refractivity contribution in [2.75, 3.05) is 5.32 Å². The van der Waals surface area contributed by atoms with Crippen LogP contribution in [0.5, 0.6) is 0 Å². The van der Waals surface area contributed by atoms with Crippen molar-refractivity contribution in [3.05, 3.63) is 58.9 Å². The third-order valence-electron chi connectivity index (χ3n) is 2.36. The number of hydrogen-bond acceptors (Lipinski definition) is 2. The molecule has 2 aromatic carbocycles. The van der Waals surface area contributed by atoms with Gasteiger partial charge >= 0.3 is 5.97 Å². The summed E-state index contributed by atoms with van der Waals surface area (Å²) in [5.41, 5.74) is 0.999. The van der Waals surface area contributed by atoms with Crippen LogP contribution in [0.3, 0.4) is 0 Å². The number of carboxylic acid groups (broad SMARTS) is 1. The molecule has 18 heavy (non-hydrogen) atoms. The first-order valence-corrected chi connectivity index (χ1v) is 5.50. The van der Waals surface area contributed by atoms with Gasteiger partial charge in [0.25, 0.3) is 0 Å². The van der Waals surface area contributed by atoms with E-state index in [1.165, 1.54) is 18.2 Å². The van der Waals surface area contributed by atoms with Crippen LogP contribution >= 0.6 is 11.6 Å². The highest BCUT2D eigenvalue weighted by atomic mass is 35.5. The van der Waals surface area contributed by atoms with Crippen molar-refractivity contribution >= 4 is 28.9 Å². The maximum atomic E-state index is 13.6. The minimum Gasteiger partial charge on any atom is -0.478 e. The fourth-order valence-electron chi connectivity index (χ4n) is 1.45. The van der Waals surface area contributed by atoms with Crippen LogP contribution in [0.25, 0.3) is 0 Å². The number of nitrogens with one attached hydrogen (secondary N) is 1. The lowest BCUT2D eigenvalue weighted by molar-refractivity contribution is 0.0697. The molecule has 92 valence electrons. The summed E-state index contributed by atoms with van der Waals surface area (Å²) in [6, 6.07) is 10.6. The largest absolute Gasteiger partial charge is 0.478 e. The lowest BCUT2D eigenvalue weighted by Crippen LogP contribution is -1.97. The third kappa shape index (κ3) is 2.60. The normalized spacial score (nSPS) is 10.1. The predicted molar refractivity (Wildman–Crippen MR) is 68.1 cm³/mol. The number of rotatable bonds is 3. The maximum absolute atomic E-state index is 13.6. The summed E-state index contributed by atoms with van der Waals surface area (Å²) >= 11 is 5.65. The SMILES string of the molecule is O=C(O)c1ccc(Nc2cccc(Cl)c2F)cc1. The molecule has 0 bridgehead atoms. The summed E-state index contributed by atoms with van der Waals surface area (Å²) < 4.78 is 13.6. The zero-order chi connectivity index (χ0) is 13.1. The number of anilines is 2. The van der Waals surface area contributed by atoms with Crippen LogP contribution in [0.2, 0.25) is 5.02 Å². The summed E-state index contributed by atoms with van der Waals surface area (Å²) in [6.07, 6.45) is 0. The average molecular weight is 266 g/mol. The van der Waals surface area contributed by atoms with Gasteiger partial charge in [-0.2, -0.15) is 0 Å². The Morgan fingerprint density at radius 2 is 1.83 bits per heavy atom. The number of hydrogen-bond donors (Lipinski definition) is 2. The zero-order valence-electron chi connectivity index (χ0n) is 9.15. The fraction of sp³-hybridized carbons (Fsp3) is 0. The highest BCUT2D eigenvalue weighted by Crippen LogP contribution is 2.25. The first kappa shape index (κ1) is 12.4. The van der Waals surface area contributed by atoms with E-state index in [4.69, 9.17) is 16.7 Å². The molecule has 0 fully saturated rings. The van der Waals surface area contributed by atoms with Crippen LogP contribution in [-0.4, -0.2) is 11.1 Å². The minimum atomic E-state index is -1.00. The standard InChI is InChI=1S/C13H9ClFNO2/c14-10-2-1-3-11(12(10)15)16-9-6-4-8(5-7-9)13(17)18/h1-7,16H,(H,17,18). The molecule has 0 aliphatic rings. The Kier molecular flexibility index (Phi) is 3.48. The second-order valence-corrected chi connectivity index (χ2v) is 4.02. The molecule has 0 amide bonds. The average Bonchev–Trinajstić information content (AvgIpc) is 2.36. The van der Waals surface area contributed by atoms with Gasteiger partial charge < -0.3 is 10.4 Å². The summed E-state index contributed by atoms with van der Waals surface area (Å²) in [5, 5.41) is 11.6. The molecule has 0 spiro atoms. The van der Waals surface area contributed by atoms with Gasteiger partial charge in [-0.05, 0) is 36.4 Å². The van der Waals surface area contributed by atoms with E-state index in [9.17, 15) is 9.18 Å². The van der Waals surface area contributed by atoms with Crippen molar-refractivity contribution in [1.82, 2.24) is 0 Å². The monoisotopic (exact) mass is 265 g/mol. The summed E-state index contributed by atoms with van der Waals surface area (Å²) in [4.78, 5) is 10.7. The van der Waals surface area contributed by atoms with Crippen molar-refractivity contribution in [2.24, 2.45) is 0 Å². The number of aromatic carboxylic acids is 1. The number of carbonyl (C=O) groups is 1. The van der Waals surface area contributed by atoms with Crippen molar-refractivity contribution in [3.63, 3.8) is 0 Å². The van der Waals surface area contributed by atoms with Gasteiger partial charge in [0.1, 0.15) is 0 Å². The molecule has 0 atom stereocenters. The van der Waals surface area contributed by atoms with E-state index in [1.807, 2.05) is 0 Å². The summed E-state index contributed by atoms with van der Waals surface area (Å²) in [6.45, 7) is 0. The number of halogens is 2. The molecule has 0 aliphatic carbocycles. The van der Waals surface area contributed by atoms with E-state index in [2.05, 4.69) is 5.32 Å². The van der Waals surface area contributed by atoms with Gasteiger partial charge in [-0.25, -0.2) is 9.18 Å². The molecule has 0 saturated carbocycles. The molecule has 0 radical (unpaired) electrons. The quantitative estimate of drug-likeness (QED) is 0.884. The highest BCUT2D eigenvalue weighted by Gasteiger charge is 2.07. The molecule has 0 aromatic heterocycles. The van der Waals surface area contributed by atoms with E-state index in [1.54, 1.807) is 24.3 Å². The fourth-order valence-corrected chi connectivity index (χ4v) is 1.63. The van der Waals surface area contributed by atoms with Gasteiger partial charge in [-0.1, -0.05) is 17.7 Å². The maximum Gasteiger partial charge on any atom is 0.335 e. The molecule has 5 heteroatoms. The van der Waals surface area contributed by atoms with Crippen molar-refractivity contribution in [2.45, 2.75) is 0 Å². The van der Waals surface area contributed by atoms with Crippen LogP contribution in [0.15, 0.2) is 42.5 Å². The molecule has 0 aliphatic heterocycles. The van der Waals surface area contributed by atoms with Crippen molar-refractivity contribution < 1.29 is 14.3 Å². The smallest absolute Gasteiger partial charge is 0.335 e. The lowest BCUT2D eigenvalue weighted by atomic mass is 10.2. The molecule has 2 N–H and O–H groups in total. The van der Waals surface area contributed by atoms with Crippen molar-refractivity contribution in [3.8, 4) is 0 Å². The Balaban J connectivity index is 2.24. The number of benzene rings is 2. The minimum absolute atomic E-state index is 0.0298. The van der Waals surface area contributed by atoms with Crippen LogP contribution in [0, 0.1) is 5.82 Å². The van der Waals surface area contributed by atoms with Crippen molar-refractivity contribution in [1.29, 1.82) is 0 Å². The van der Waals surface area contributed by atoms with E-state index >= 15 is 0 Å². The first-order valence-electron chi connectivity index (χ1n) is 5.12. The van der Waals surface area contributed by atoms with Crippen LogP contribution in [-0.2, 0) is 0 Å². The molecule has 2 aromatic rings. The Labute approximate surface area is 108 Å². The number of carboxylic acids is 1. The van der Waals surface area contributed by atoms with E-state index < -0.39 is 11.8 Å². The summed E-state index contributed by atoms with van der Waals surface area (Å²) in [7, 11) is 0. The Hall–Kier alpha value is -2.07. The van der Waals surface area contributed by atoms with Crippen LogP contribution < -0.4 is 5.32 Å². The van der Waals surface area contributed by atoms with Crippen LogP contribution in [0.4, 0.5) is 15.8 Å². The van der Waals surface area contributed by atoms with Gasteiger partial charge in [-0.15, -0.1) is 0 Å². The molecule has 0 heterocycles. The molecule has 2 rings (SSSR count). The molecule has 0 unspecified atom stereocenters. The molecule has 3 nitrogen and oxygen atoms in total. The molecule has 0 saturated heterocycles. The Bertz CT molecular complexity index is 584. The Morgan fingerprint density at radius 1 is 1.17 bits per heavy atom. The second-order valence-electron chi connectivity index (χ2n) is 3.61.